The first-order valence-corrected chi connectivity index (χ1v) is 23.0. The fraction of sp³-hybridized carbons (Fsp3) is 0.333. The van der Waals surface area contributed by atoms with Crippen LogP contribution in [0.1, 0.15) is 92.3 Å². The Morgan fingerprint density at radius 1 is 0.828 bits per heavy atom. The first-order chi connectivity index (χ1) is 30.0. The normalized spacial score (nSPS) is 10.7. The van der Waals surface area contributed by atoms with Gasteiger partial charge in [0.25, 0.3) is 5.56 Å². The van der Waals surface area contributed by atoms with Crippen LogP contribution in [0.5, 0.6) is 0 Å². The summed E-state index contributed by atoms with van der Waals surface area (Å²) in [6.45, 7) is 6.29. The molecule has 4 aromatic carbocycles. The summed E-state index contributed by atoms with van der Waals surface area (Å²) in [5, 5.41) is 8.36. The number of ketones is 1. The number of benzene rings is 4. The summed E-state index contributed by atoms with van der Waals surface area (Å²) in [7, 11) is -1.99. The molecule has 16 heteroatoms. The van der Waals surface area contributed by atoms with Gasteiger partial charge in [-0.1, -0.05) is 105 Å². The van der Waals surface area contributed by atoms with Crippen molar-refractivity contribution >= 4 is 69.2 Å². The highest BCUT2D eigenvalue weighted by Gasteiger charge is 2.27. The van der Waals surface area contributed by atoms with Crippen molar-refractivity contribution in [1.82, 2.24) is 9.97 Å². The molecule has 0 fully saturated rings. The van der Waals surface area contributed by atoms with Gasteiger partial charge < -0.3 is 15.5 Å². The van der Waals surface area contributed by atoms with Crippen LogP contribution in [0.3, 0.4) is 0 Å². The number of rotatable bonds is 17. The molecule has 0 spiro atoms. The number of Topliss-reactive ketones (excluding diaryl/α,β-unsaturated/α-hetero) is 1. The number of hydrogen-bond donors (Lipinski definition) is 3. The SMILES string of the molecule is CCCCCC(=O)C(Cc1ccc(S(C)(=O)=O)cc1)C(=O)OC.CCCCCc1nc(-c2ccc(Cl)cc2)[nH]c(=O)c1Cc1ccc(C)cc1.Cl.N=C(N)c1ccc(Cl)cc1.O=C=O. The van der Waals surface area contributed by atoms with Crippen LogP contribution in [0.15, 0.2) is 107 Å². The number of carbonyl (C=O) groups excluding carboxylic acids is 4. The average Bonchev–Trinajstić information content (AvgIpc) is 3.25. The van der Waals surface area contributed by atoms with E-state index in [1.807, 2.05) is 31.2 Å². The lowest BCUT2D eigenvalue weighted by atomic mass is 9.92. The van der Waals surface area contributed by atoms with Crippen LogP contribution in [0.4, 0.5) is 0 Å². The number of hydrogen-bond acceptors (Lipinski definition) is 10. The maximum Gasteiger partial charge on any atom is 0.373 e. The highest BCUT2D eigenvalue weighted by molar-refractivity contribution is 7.90. The molecule has 1 heterocycles. The number of nitrogens with two attached hydrogens (primary N) is 1. The molecule has 344 valence electrons. The first-order valence-electron chi connectivity index (χ1n) is 20.4. The van der Waals surface area contributed by atoms with Gasteiger partial charge in [-0.3, -0.25) is 19.8 Å². The zero-order valence-corrected chi connectivity index (χ0v) is 39.9. The van der Waals surface area contributed by atoms with Crippen LogP contribution in [-0.2, 0) is 53.0 Å². The van der Waals surface area contributed by atoms with Gasteiger partial charge in [0.15, 0.2) is 9.84 Å². The number of nitrogens with one attached hydrogen (secondary N) is 2. The molecule has 0 radical (unpaired) electrons. The Morgan fingerprint density at radius 3 is 1.84 bits per heavy atom. The topological polar surface area (TPSA) is 207 Å². The number of methoxy groups -OCH3 is 1. The maximum absolute atomic E-state index is 12.9. The second-order valence-electron chi connectivity index (χ2n) is 14.6. The Kier molecular flexibility index (Phi) is 26.4. The van der Waals surface area contributed by atoms with Gasteiger partial charge in [0.05, 0.1) is 17.7 Å². The Hall–Kier alpha value is -5.43. The van der Waals surface area contributed by atoms with Crippen molar-refractivity contribution in [3.63, 3.8) is 0 Å². The molecule has 4 N–H and O–H groups in total. The third kappa shape index (κ3) is 20.4. The van der Waals surface area contributed by atoms with E-state index in [1.165, 1.54) is 24.8 Å². The molecule has 1 aromatic heterocycles. The van der Waals surface area contributed by atoms with Gasteiger partial charge in [-0.15, -0.1) is 12.4 Å². The Bertz CT molecular complexity index is 2420. The number of aryl methyl sites for hydroxylation is 2. The van der Waals surface area contributed by atoms with Gasteiger partial charge in [-0.05, 0) is 104 Å². The van der Waals surface area contributed by atoms with Crippen molar-refractivity contribution in [1.29, 1.82) is 5.41 Å². The number of sulfone groups is 1. The maximum atomic E-state index is 12.9. The monoisotopic (exact) mass is 954 g/mol. The molecule has 0 bridgehead atoms. The number of amidine groups is 1. The minimum absolute atomic E-state index is 0. The van der Waals surface area contributed by atoms with E-state index in [2.05, 4.69) is 43.1 Å². The first kappa shape index (κ1) is 56.6. The number of halogens is 3. The molecule has 0 aliphatic rings. The fourth-order valence-electron chi connectivity index (χ4n) is 6.06. The van der Waals surface area contributed by atoms with Crippen molar-refractivity contribution in [2.45, 2.75) is 89.9 Å². The number of nitrogens with zero attached hydrogens (tertiary/aromatic N) is 1. The number of H-pyrrole nitrogens is 1. The molecular weight excluding hydrogens is 899 g/mol. The summed E-state index contributed by atoms with van der Waals surface area (Å²) in [5.41, 5.74) is 11.5. The molecule has 5 aromatic rings. The molecule has 0 aliphatic heterocycles. The van der Waals surface area contributed by atoms with E-state index in [4.69, 9.17) is 53.7 Å². The molecule has 0 amide bonds. The quantitative estimate of drug-likeness (QED) is 0.0264. The summed E-state index contributed by atoms with van der Waals surface area (Å²) in [6, 6.07) is 28.8. The predicted octanol–water partition coefficient (Wildman–Crippen LogP) is 9.76. The smallest absolute Gasteiger partial charge is 0.373 e. The van der Waals surface area contributed by atoms with E-state index < -0.39 is 21.7 Å². The molecular formula is C48H57Cl3N4O8S. The third-order valence-electron chi connectivity index (χ3n) is 9.59. The Morgan fingerprint density at radius 2 is 1.34 bits per heavy atom. The Labute approximate surface area is 392 Å². The van der Waals surface area contributed by atoms with E-state index in [0.717, 1.165) is 79.1 Å². The highest BCUT2D eigenvalue weighted by Crippen LogP contribution is 2.21. The number of carbonyl (C=O) groups is 2. The molecule has 0 saturated carbocycles. The van der Waals surface area contributed by atoms with Gasteiger partial charge in [-0.25, -0.2) is 13.4 Å². The largest absolute Gasteiger partial charge is 0.468 e. The highest BCUT2D eigenvalue weighted by atomic mass is 35.5. The number of nitrogen functional groups attached to an aromatic ring is 1. The summed E-state index contributed by atoms with van der Waals surface area (Å²) in [6.07, 6.45) is 9.41. The van der Waals surface area contributed by atoms with Gasteiger partial charge >= 0.3 is 12.1 Å². The Balaban J connectivity index is 0.000000500. The van der Waals surface area contributed by atoms with E-state index in [9.17, 15) is 22.8 Å². The summed E-state index contributed by atoms with van der Waals surface area (Å²) in [4.78, 5) is 61.3. The lowest BCUT2D eigenvalue weighted by Crippen LogP contribution is -2.27. The molecule has 0 saturated heterocycles. The average molecular weight is 956 g/mol. The van der Waals surface area contributed by atoms with E-state index in [0.29, 0.717) is 34.3 Å². The van der Waals surface area contributed by atoms with Crippen LogP contribution in [0, 0.1) is 18.3 Å². The number of unbranched alkanes of at least 4 members (excludes halogenated alkanes) is 4. The zero-order chi connectivity index (χ0) is 47.0. The van der Waals surface area contributed by atoms with Gasteiger partial charge in [-0.2, -0.15) is 9.59 Å². The standard InChI is InChI=1S/C23H25ClN2O.C17H24O5S.C7H7ClN2.CO2.ClH/c1-3-4-5-6-21-20(15-17-9-7-16(2)8-10-17)23(27)26-22(25-21)18-11-13-19(24)14-12-18;1-4-5-6-7-16(18)15(17(19)22-2)12-13-8-10-14(11-9-13)23(3,20)21;8-6-3-1-5(2-4-6)7(9)10;2-1-3;/h7-14H,3-6,15H2,1-2H3,(H,25,26,27);8-11,15H,4-7,12H2,1-3H3;1-4H,(H3,9,10);;1H. The van der Waals surface area contributed by atoms with Gasteiger partial charge in [0, 0.05) is 45.8 Å². The van der Waals surface area contributed by atoms with Crippen LogP contribution in [-0.4, -0.2) is 55.5 Å². The number of esters is 1. The van der Waals surface area contributed by atoms with Gasteiger partial charge in [0.1, 0.15) is 23.4 Å². The minimum atomic E-state index is -3.26. The van der Waals surface area contributed by atoms with Gasteiger partial charge in [0.2, 0.25) is 0 Å². The van der Waals surface area contributed by atoms with Crippen molar-refractivity contribution in [2.24, 2.45) is 11.7 Å². The van der Waals surface area contributed by atoms with E-state index >= 15 is 0 Å². The van der Waals surface area contributed by atoms with E-state index in [-0.39, 0.29) is 47.1 Å². The molecule has 5 rings (SSSR count). The second kappa shape index (κ2) is 29.8. The lowest BCUT2D eigenvalue weighted by Gasteiger charge is -2.14. The van der Waals surface area contributed by atoms with Crippen molar-refractivity contribution in [2.75, 3.05) is 13.4 Å². The number of aromatic nitrogens is 2. The second-order valence-corrected chi connectivity index (χ2v) is 17.5. The molecule has 1 unspecified atom stereocenters. The van der Waals surface area contributed by atoms with Crippen LogP contribution < -0.4 is 11.3 Å². The minimum Gasteiger partial charge on any atom is -0.468 e. The molecule has 1 atom stereocenters. The van der Waals surface area contributed by atoms with Crippen LogP contribution in [0.25, 0.3) is 11.4 Å². The lowest BCUT2D eigenvalue weighted by molar-refractivity contribution is -0.191. The third-order valence-corrected chi connectivity index (χ3v) is 11.2. The van der Waals surface area contributed by atoms with Crippen molar-refractivity contribution in [3.8, 4) is 11.4 Å². The number of aromatic amines is 1. The van der Waals surface area contributed by atoms with E-state index in [1.54, 1.807) is 36.4 Å². The predicted molar refractivity (Wildman–Crippen MR) is 255 cm³/mol. The molecule has 64 heavy (non-hydrogen) atoms. The van der Waals surface area contributed by atoms with Crippen LogP contribution >= 0.6 is 35.6 Å². The van der Waals surface area contributed by atoms with Crippen LogP contribution in [0.2, 0.25) is 10.0 Å². The molecule has 12 nitrogen and oxygen atoms in total. The van der Waals surface area contributed by atoms with Crippen molar-refractivity contribution < 1.29 is 32.3 Å². The zero-order valence-electron chi connectivity index (χ0n) is 36.7. The molecule has 0 aliphatic carbocycles. The summed E-state index contributed by atoms with van der Waals surface area (Å²) >= 11 is 11.6. The van der Waals surface area contributed by atoms with Crippen molar-refractivity contribution in [3.05, 3.63) is 151 Å². The fourth-order valence-corrected chi connectivity index (χ4v) is 6.95. The summed E-state index contributed by atoms with van der Waals surface area (Å²) < 4.78 is 27.6. The summed E-state index contributed by atoms with van der Waals surface area (Å²) in [5.74, 6) is -0.829. The number of ether oxygens (including phenoxy) is 1.